The first-order valence-corrected chi connectivity index (χ1v) is 8.93. The fraction of sp³-hybridized carbons (Fsp3) is 0.333. The molecule has 0 amide bonds. The van der Waals surface area contributed by atoms with E-state index in [1.54, 1.807) is 24.1 Å². The Labute approximate surface area is 169 Å². The van der Waals surface area contributed by atoms with Crippen molar-refractivity contribution in [1.82, 2.24) is 0 Å². The lowest BCUT2D eigenvalue weighted by atomic mass is 10.1. The molecule has 30 heavy (non-hydrogen) atoms. The summed E-state index contributed by atoms with van der Waals surface area (Å²) < 4.78 is 38.7. The van der Waals surface area contributed by atoms with Crippen molar-refractivity contribution in [2.45, 2.75) is 6.18 Å². The maximum Gasteiger partial charge on any atom is 0.416 e. The van der Waals surface area contributed by atoms with Gasteiger partial charge >= 0.3 is 6.18 Å². The molecule has 0 spiro atoms. The van der Waals surface area contributed by atoms with Gasteiger partial charge in [0.2, 0.25) is 0 Å². The Bertz CT molecular complexity index is 975. The second-order valence-electron chi connectivity index (χ2n) is 6.64. The third-order valence-corrected chi connectivity index (χ3v) is 4.93. The largest absolute Gasteiger partial charge is 0.416 e. The molecule has 0 aromatic heterocycles. The number of nitro groups is 2. The normalized spacial score (nSPS) is 14.5. The van der Waals surface area contributed by atoms with Gasteiger partial charge in [0.05, 0.1) is 15.4 Å². The summed E-state index contributed by atoms with van der Waals surface area (Å²) in [7, 11) is 1.58. The Morgan fingerprint density at radius 1 is 0.900 bits per heavy atom. The highest BCUT2D eigenvalue weighted by Gasteiger charge is 2.34. The molecule has 1 saturated heterocycles. The number of nitrogens with zero attached hydrogens (tertiary/aromatic N) is 4. The van der Waals surface area contributed by atoms with E-state index in [1.165, 1.54) is 6.07 Å². The first kappa shape index (κ1) is 21.1. The summed E-state index contributed by atoms with van der Waals surface area (Å²) >= 11 is 0. The molecule has 0 unspecified atom stereocenters. The zero-order valence-corrected chi connectivity index (χ0v) is 15.8. The standard InChI is InChI=1S/C18H18F3N5O4/c1-22-14-11-13(3-5-15(14)25(27)28)23-6-8-24(9-7-23)16-4-2-12(18(19,20)21)10-17(16)26(29)30/h2-5,10-11,22H,6-9H2,1H3. The van der Waals surface area contributed by atoms with E-state index in [1.807, 2.05) is 4.90 Å². The number of halogens is 3. The zero-order chi connectivity index (χ0) is 22.1. The maximum atomic E-state index is 12.9. The lowest BCUT2D eigenvalue weighted by molar-refractivity contribution is -0.384. The molecule has 3 rings (SSSR count). The Morgan fingerprint density at radius 2 is 1.50 bits per heavy atom. The van der Waals surface area contributed by atoms with Crippen LogP contribution in [0.1, 0.15) is 5.56 Å². The third kappa shape index (κ3) is 4.21. The van der Waals surface area contributed by atoms with Gasteiger partial charge in [-0.1, -0.05) is 0 Å². The maximum absolute atomic E-state index is 12.9. The second kappa shape index (κ2) is 8.05. The Morgan fingerprint density at radius 3 is 2.03 bits per heavy atom. The molecule has 0 bridgehead atoms. The molecular weight excluding hydrogens is 407 g/mol. The fourth-order valence-corrected chi connectivity index (χ4v) is 3.40. The van der Waals surface area contributed by atoms with E-state index in [-0.39, 0.29) is 11.4 Å². The van der Waals surface area contributed by atoms with Crippen LogP contribution < -0.4 is 15.1 Å². The number of piperazine rings is 1. The van der Waals surface area contributed by atoms with Crippen LogP contribution in [0.15, 0.2) is 36.4 Å². The van der Waals surface area contributed by atoms with Crippen LogP contribution in [0.3, 0.4) is 0 Å². The summed E-state index contributed by atoms with van der Waals surface area (Å²) in [6, 6.07) is 7.18. The fourth-order valence-electron chi connectivity index (χ4n) is 3.40. The number of anilines is 3. The van der Waals surface area contributed by atoms with Crippen molar-refractivity contribution in [3.8, 4) is 0 Å². The SMILES string of the molecule is CNc1cc(N2CCN(c3ccc(C(F)(F)F)cc3[N+](=O)[O-])CC2)ccc1[N+](=O)[O-]. The van der Waals surface area contributed by atoms with Crippen LogP contribution in [-0.4, -0.2) is 43.1 Å². The molecule has 1 aliphatic heterocycles. The van der Waals surface area contributed by atoms with Gasteiger partial charge in [-0.05, 0) is 24.3 Å². The molecule has 2 aromatic carbocycles. The van der Waals surface area contributed by atoms with E-state index in [9.17, 15) is 33.4 Å². The molecule has 12 heteroatoms. The molecule has 0 atom stereocenters. The summed E-state index contributed by atoms with van der Waals surface area (Å²) in [5, 5.41) is 25.2. The van der Waals surface area contributed by atoms with Crippen LogP contribution in [0.5, 0.6) is 0 Å². The van der Waals surface area contributed by atoms with Gasteiger partial charge < -0.3 is 15.1 Å². The summed E-state index contributed by atoms with van der Waals surface area (Å²) in [6.45, 7) is 1.58. The molecule has 0 saturated carbocycles. The van der Waals surface area contributed by atoms with E-state index in [4.69, 9.17) is 0 Å². The van der Waals surface area contributed by atoms with Gasteiger partial charge in [-0.15, -0.1) is 0 Å². The monoisotopic (exact) mass is 425 g/mol. The van der Waals surface area contributed by atoms with Crippen LogP contribution in [0.25, 0.3) is 0 Å². The summed E-state index contributed by atoms with van der Waals surface area (Å²) in [4.78, 5) is 24.7. The third-order valence-electron chi connectivity index (χ3n) is 4.93. The zero-order valence-electron chi connectivity index (χ0n) is 15.8. The molecule has 9 nitrogen and oxygen atoms in total. The average molecular weight is 425 g/mol. The van der Waals surface area contributed by atoms with Gasteiger partial charge in [0, 0.05) is 51.0 Å². The van der Waals surface area contributed by atoms with Gasteiger partial charge in [-0.25, -0.2) is 0 Å². The number of hydrogen-bond donors (Lipinski definition) is 1. The minimum atomic E-state index is -4.66. The molecule has 1 aliphatic rings. The Hall–Kier alpha value is -3.57. The summed E-state index contributed by atoms with van der Waals surface area (Å²) in [5.74, 6) is 0. The number of nitrogens with one attached hydrogen (secondary N) is 1. The Kier molecular flexibility index (Phi) is 5.67. The van der Waals surface area contributed by atoms with E-state index >= 15 is 0 Å². The van der Waals surface area contributed by atoms with Gasteiger partial charge in [0.25, 0.3) is 11.4 Å². The molecule has 1 heterocycles. The minimum Gasteiger partial charge on any atom is -0.383 e. The van der Waals surface area contributed by atoms with Crippen LogP contribution in [0, 0.1) is 20.2 Å². The van der Waals surface area contributed by atoms with Crippen LogP contribution in [0.2, 0.25) is 0 Å². The molecule has 1 N–H and O–H groups in total. The van der Waals surface area contributed by atoms with Crippen LogP contribution >= 0.6 is 0 Å². The first-order valence-electron chi connectivity index (χ1n) is 8.93. The van der Waals surface area contributed by atoms with Gasteiger partial charge in [-0.3, -0.25) is 20.2 Å². The smallest absolute Gasteiger partial charge is 0.383 e. The molecule has 160 valence electrons. The van der Waals surface area contributed by atoms with Crippen molar-refractivity contribution in [2.75, 3.05) is 48.3 Å². The lowest BCUT2D eigenvalue weighted by Crippen LogP contribution is -2.46. The van der Waals surface area contributed by atoms with Crippen LogP contribution in [-0.2, 0) is 6.18 Å². The van der Waals surface area contributed by atoms with E-state index in [0.717, 1.165) is 17.8 Å². The summed E-state index contributed by atoms with van der Waals surface area (Å²) in [6.07, 6.45) is -4.66. The highest BCUT2D eigenvalue weighted by Crippen LogP contribution is 2.37. The number of alkyl halides is 3. The quantitative estimate of drug-likeness (QED) is 0.572. The average Bonchev–Trinajstić information content (AvgIpc) is 2.72. The second-order valence-corrected chi connectivity index (χ2v) is 6.64. The van der Waals surface area contributed by atoms with Crippen molar-refractivity contribution in [3.05, 3.63) is 62.2 Å². The summed E-state index contributed by atoms with van der Waals surface area (Å²) in [5.41, 5.74) is -0.481. The number of hydrogen-bond acceptors (Lipinski definition) is 7. The minimum absolute atomic E-state index is 0.0553. The highest BCUT2D eigenvalue weighted by atomic mass is 19.4. The van der Waals surface area contributed by atoms with E-state index in [2.05, 4.69) is 5.32 Å². The van der Waals surface area contributed by atoms with Gasteiger partial charge in [0.15, 0.2) is 0 Å². The molecule has 0 aliphatic carbocycles. The van der Waals surface area contributed by atoms with Crippen LogP contribution in [0.4, 0.5) is 41.6 Å². The first-order chi connectivity index (χ1) is 14.1. The van der Waals surface area contributed by atoms with Crippen molar-refractivity contribution < 1.29 is 23.0 Å². The van der Waals surface area contributed by atoms with Crippen molar-refractivity contribution in [3.63, 3.8) is 0 Å². The van der Waals surface area contributed by atoms with E-state index < -0.39 is 27.3 Å². The lowest BCUT2D eigenvalue weighted by Gasteiger charge is -2.37. The highest BCUT2D eigenvalue weighted by molar-refractivity contribution is 5.70. The molecule has 2 aromatic rings. The Balaban J connectivity index is 1.79. The molecule has 1 fully saturated rings. The number of nitro benzene ring substituents is 2. The molecule has 0 radical (unpaired) electrons. The predicted molar refractivity (Wildman–Crippen MR) is 105 cm³/mol. The van der Waals surface area contributed by atoms with Gasteiger partial charge in [-0.2, -0.15) is 13.2 Å². The van der Waals surface area contributed by atoms with Crippen molar-refractivity contribution in [1.29, 1.82) is 0 Å². The number of benzene rings is 2. The topological polar surface area (TPSA) is 105 Å². The molecular formula is C18H18F3N5O4. The van der Waals surface area contributed by atoms with Gasteiger partial charge in [0.1, 0.15) is 11.4 Å². The van der Waals surface area contributed by atoms with Crippen molar-refractivity contribution in [2.24, 2.45) is 0 Å². The van der Waals surface area contributed by atoms with E-state index in [0.29, 0.717) is 37.9 Å². The number of rotatable bonds is 5. The predicted octanol–water partition coefficient (Wildman–Crippen LogP) is 3.89. The van der Waals surface area contributed by atoms with Crippen molar-refractivity contribution >= 4 is 28.4 Å².